The quantitative estimate of drug-likeness (QED) is 0.558. The summed E-state index contributed by atoms with van der Waals surface area (Å²) < 4.78 is 14.2. The number of nitrogens with one attached hydrogen (secondary N) is 2. The number of anilines is 1. The van der Waals surface area contributed by atoms with E-state index in [0.29, 0.717) is 16.4 Å². The highest BCUT2D eigenvalue weighted by atomic mass is 79.9. The van der Waals surface area contributed by atoms with Gasteiger partial charge >= 0.3 is 0 Å². The smallest absolute Gasteiger partial charge is 0.261 e. The van der Waals surface area contributed by atoms with Crippen LogP contribution in [0.5, 0.6) is 0 Å². The summed E-state index contributed by atoms with van der Waals surface area (Å²) in [6.07, 6.45) is 0. The maximum Gasteiger partial charge on any atom is 0.261 e. The Labute approximate surface area is 166 Å². The van der Waals surface area contributed by atoms with Crippen LogP contribution in [-0.4, -0.2) is 11.8 Å². The van der Waals surface area contributed by atoms with Gasteiger partial charge in [0.1, 0.15) is 5.82 Å². The van der Waals surface area contributed by atoms with Crippen molar-refractivity contribution in [3.63, 3.8) is 0 Å². The Morgan fingerprint density at radius 2 is 1.92 bits per heavy atom. The molecule has 3 aromatic rings. The number of hydrogen-bond donors (Lipinski definition) is 2. The van der Waals surface area contributed by atoms with Gasteiger partial charge in [0, 0.05) is 10.4 Å². The normalized spacial score (nSPS) is 10.6. The van der Waals surface area contributed by atoms with E-state index in [9.17, 15) is 14.0 Å². The number of amides is 2. The van der Waals surface area contributed by atoms with E-state index in [1.807, 2.05) is 19.1 Å². The van der Waals surface area contributed by atoms with Crippen LogP contribution in [-0.2, 0) is 6.54 Å². The minimum atomic E-state index is -0.472. The molecule has 2 aromatic heterocycles. The Morgan fingerprint density at radius 3 is 2.62 bits per heavy atom. The van der Waals surface area contributed by atoms with Crippen LogP contribution in [0.2, 0.25) is 0 Å². The maximum absolute atomic E-state index is 13.2. The molecule has 0 spiro atoms. The summed E-state index contributed by atoms with van der Waals surface area (Å²) >= 11 is 6.14. The zero-order valence-corrected chi connectivity index (χ0v) is 16.9. The molecule has 3 rings (SSSR count). The van der Waals surface area contributed by atoms with Crippen molar-refractivity contribution in [2.45, 2.75) is 13.5 Å². The van der Waals surface area contributed by atoms with E-state index in [1.54, 1.807) is 17.4 Å². The lowest BCUT2D eigenvalue weighted by Crippen LogP contribution is -2.21. The summed E-state index contributed by atoms with van der Waals surface area (Å²) in [5.74, 6) is -1.08. The molecule has 26 heavy (non-hydrogen) atoms. The van der Waals surface area contributed by atoms with Gasteiger partial charge in [-0.25, -0.2) is 4.39 Å². The highest BCUT2D eigenvalue weighted by Crippen LogP contribution is 2.27. The van der Waals surface area contributed by atoms with Crippen molar-refractivity contribution < 1.29 is 14.0 Å². The van der Waals surface area contributed by atoms with Crippen LogP contribution in [0.1, 0.15) is 30.5 Å². The number of aryl methyl sites for hydroxylation is 1. The third-order valence-corrected chi connectivity index (χ3v) is 6.27. The molecule has 0 saturated carbocycles. The van der Waals surface area contributed by atoms with Gasteiger partial charge < -0.3 is 10.6 Å². The fraction of sp³-hybridized carbons (Fsp3) is 0.111. The molecule has 2 heterocycles. The van der Waals surface area contributed by atoms with E-state index in [1.165, 1.54) is 35.6 Å². The second-order valence-electron chi connectivity index (χ2n) is 5.48. The molecule has 134 valence electrons. The monoisotopic (exact) mass is 452 g/mol. The topological polar surface area (TPSA) is 58.2 Å². The van der Waals surface area contributed by atoms with Crippen LogP contribution in [0.4, 0.5) is 9.39 Å². The summed E-state index contributed by atoms with van der Waals surface area (Å²) in [5.41, 5.74) is 1.000. The highest BCUT2D eigenvalue weighted by molar-refractivity contribution is 9.11. The van der Waals surface area contributed by atoms with Crippen LogP contribution < -0.4 is 10.6 Å². The van der Waals surface area contributed by atoms with Gasteiger partial charge in [-0.1, -0.05) is 6.07 Å². The first kappa shape index (κ1) is 18.8. The SMILES string of the molecule is Cc1cc(NC(=O)c2cccc(F)c2)sc1C(=O)NCc1ccc(Br)s1. The lowest BCUT2D eigenvalue weighted by atomic mass is 10.2. The first-order valence-corrected chi connectivity index (χ1v) is 10.0. The minimum absolute atomic E-state index is 0.191. The molecule has 2 amide bonds. The summed E-state index contributed by atoms with van der Waals surface area (Å²) in [7, 11) is 0. The van der Waals surface area contributed by atoms with Crippen LogP contribution in [0.25, 0.3) is 0 Å². The average Bonchev–Trinajstić information content (AvgIpc) is 3.18. The zero-order valence-electron chi connectivity index (χ0n) is 13.6. The predicted molar refractivity (Wildman–Crippen MR) is 107 cm³/mol. The molecular formula is C18H14BrFN2O2S2. The molecule has 0 fully saturated rings. The summed E-state index contributed by atoms with van der Waals surface area (Å²) in [4.78, 5) is 26.2. The zero-order chi connectivity index (χ0) is 18.7. The van der Waals surface area contributed by atoms with Gasteiger partial charge in [0.2, 0.25) is 0 Å². The molecule has 0 aliphatic heterocycles. The van der Waals surface area contributed by atoms with E-state index >= 15 is 0 Å². The Bertz CT molecular complexity index is 968. The largest absolute Gasteiger partial charge is 0.346 e. The van der Waals surface area contributed by atoms with E-state index in [-0.39, 0.29) is 11.5 Å². The van der Waals surface area contributed by atoms with Crippen LogP contribution in [0.15, 0.2) is 46.3 Å². The number of rotatable bonds is 5. The Balaban J connectivity index is 1.66. The number of halogens is 2. The fourth-order valence-corrected chi connectivity index (χ4v) is 4.68. The third kappa shape index (κ3) is 4.57. The van der Waals surface area contributed by atoms with Gasteiger partial charge in [-0.15, -0.1) is 22.7 Å². The van der Waals surface area contributed by atoms with Crippen LogP contribution in [0, 0.1) is 12.7 Å². The van der Waals surface area contributed by atoms with Crippen LogP contribution in [0.3, 0.4) is 0 Å². The van der Waals surface area contributed by atoms with Crippen molar-refractivity contribution in [3.8, 4) is 0 Å². The van der Waals surface area contributed by atoms with Crippen molar-refractivity contribution in [1.29, 1.82) is 0 Å². The first-order chi connectivity index (χ1) is 12.4. The van der Waals surface area contributed by atoms with Crippen molar-refractivity contribution >= 4 is 55.4 Å². The molecule has 0 bridgehead atoms. The van der Waals surface area contributed by atoms with Gasteiger partial charge in [-0.2, -0.15) is 0 Å². The van der Waals surface area contributed by atoms with Crippen molar-refractivity contribution in [2.24, 2.45) is 0 Å². The molecule has 4 nitrogen and oxygen atoms in total. The molecule has 0 atom stereocenters. The van der Waals surface area contributed by atoms with Gasteiger partial charge in [0.05, 0.1) is 20.2 Å². The minimum Gasteiger partial charge on any atom is -0.346 e. The number of carbonyl (C=O) groups is 2. The van der Waals surface area contributed by atoms with Crippen molar-refractivity contribution in [1.82, 2.24) is 5.32 Å². The maximum atomic E-state index is 13.2. The predicted octanol–water partition coefficient (Wildman–Crippen LogP) is 5.20. The van der Waals surface area contributed by atoms with Crippen molar-refractivity contribution in [3.05, 3.63) is 72.9 Å². The summed E-state index contributed by atoms with van der Waals surface area (Å²) in [6.45, 7) is 2.25. The lowest BCUT2D eigenvalue weighted by molar-refractivity contribution is 0.0954. The second kappa shape index (κ2) is 8.11. The van der Waals surface area contributed by atoms with E-state index < -0.39 is 11.7 Å². The summed E-state index contributed by atoms with van der Waals surface area (Å²) in [5, 5.41) is 6.12. The molecule has 0 aliphatic rings. The Morgan fingerprint density at radius 1 is 1.12 bits per heavy atom. The number of hydrogen-bond acceptors (Lipinski definition) is 4. The van der Waals surface area contributed by atoms with Gasteiger partial charge in [0.25, 0.3) is 11.8 Å². The van der Waals surface area contributed by atoms with Gasteiger partial charge in [-0.05, 0) is 64.8 Å². The van der Waals surface area contributed by atoms with Crippen molar-refractivity contribution in [2.75, 3.05) is 5.32 Å². The average molecular weight is 453 g/mol. The summed E-state index contributed by atoms with van der Waals surface area (Å²) in [6, 6.07) is 11.1. The molecule has 8 heteroatoms. The van der Waals surface area contributed by atoms with Gasteiger partial charge in [-0.3, -0.25) is 9.59 Å². The molecule has 1 aromatic carbocycles. The molecular weight excluding hydrogens is 439 g/mol. The molecule has 2 N–H and O–H groups in total. The third-order valence-electron chi connectivity index (χ3n) is 3.50. The van der Waals surface area contributed by atoms with E-state index in [2.05, 4.69) is 26.6 Å². The second-order valence-corrected chi connectivity index (χ2v) is 9.08. The molecule has 0 radical (unpaired) electrons. The Kier molecular flexibility index (Phi) is 5.85. The fourth-order valence-electron chi connectivity index (χ4n) is 2.28. The van der Waals surface area contributed by atoms with Gasteiger partial charge in [0.15, 0.2) is 0 Å². The highest BCUT2D eigenvalue weighted by Gasteiger charge is 2.16. The van der Waals surface area contributed by atoms with E-state index in [0.717, 1.165) is 14.2 Å². The van der Waals surface area contributed by atoms with E-state index in [4.69, 9.17) is 0 Å². The number of benzene rings is 1. The Hall–Kier alpha value is -2.03. The first-order valence-electron chi connectivity index (χ1n) is 7.62. The molecule has 0 unspecified atom stereocenters. The standard InChI is InChI=1S/C18H14BrFN2O2S2/c1-10-7-15(22-17(23)11-3-2-4-12(20)8-11)26-16(10)18(24)21-9-13-5-6-14(19)25-13/h2-8H,9H2,1H3,(H,21,24)(H,22,23). The lowest BCUT2D eigenvalue weighted by Gasteiger charge is -2.03. The number of carbonyl (C=O) groups excluding carboxylic acids is 2. The van der Waals surface area contributed by atoms with Crippen LogP contribution >= 0.6 is 38.6 Å². The number of thiophene rings is 2. The molecule has 0 saturated heterocycles. The molecule has 0 aliphatic carbocycles.